The maximum absolute atomic E-state index is 1.64. The van der Waals surface area contributed by atoms with Gasteiger partial charge in [0.1, 0.15) is 0 Å². The highest BCUT2D eigenvalue weighted by molar-refractivity contribution is 7.05. The largest absolute Gasteiger partial charge is 0.0534 e. The Balaban J connectivity index is 1.82. The van der Waals surface area contributed by atoms with Crippen LogP contribution in [0.4, 0.5) is 0 Å². The molecule has 2 heteroatoms. The molecule has 0 saturated heterocycles. The van der Waals surface area contributed by atoms with Gasteiger partial charge < -0.3 is 0 Å². The summed E-state index contributed by atoms with van der Waals surface area (Å²) in [6, 6.07) is 0. The van der Waals surface area contributed by atoms with Crippen LogP contribution in [0.1, 0.15) is 57.8 Å². The van der Waals surface area contributed by atoms with E-state index in [0.717, 1.165) is 0 Å². The Hall–Kier alpha value is 0.434. The lowest BCUT2D eigenvalue weighted by Crippen LogP contribution is -2.31. The standard InChI is InChI=1S/C11H24Si2/c12-13(11-8-5-9-11)10-6-3-1-2-4-7-10/h10-11,13H,1-9H2,12H3. The minimum Gasteiger partial charge on any atom is -0.0534 e. The molecule has 2 rings (SSSR count). The van der Waals surface area contributed by atoms with Crippen molar-refractivity contribution in [2.24, 2.45) is 0 Å². The fraction of sp³-hybridized carbons (Fsp3) is 1.00. The number of hydrogen-bond acceptors (Lipinski definition) is 0. The van der Waals surface area contributed by atoms with Crippen molar-refractivity contribution in [1.29, 1.82) is 0 Å². The minimum absolute atomic E-state index is 0.181. The molecule has 2 saturated carbocycles. The molecule has 2 fully saturated rings. The molecule has 0 bridgehead atoms. The first kappa shape index (κ1) is 9.97. The van der Waals surface area contributed by atoms with Crippen molar-refractivity contribution < 1.29 is 0 Å². The molecule has 0 N–H and O–H groups in total. The van der Waals surface area contributed by atoms with E-state index in [1.807, 2.05) is 0 Å². The molecule has 2 aliphatic carbocycles. The Bertz CT molecular complexity index is 146. The first-order chi connectivity index (χ1) is 6.38. The second-order valence-corrected chi connectivity index (χ2v) is 12.9. The molecule has 2 aliphatic rings. The molecule has 0 aromatic carbocycles. The van der Waals surface area contributed by atoms with Gasteiger partial charge in [0.05, 0.1) is 0 Å². The van der Waals surface area contributed by atoms with E-state index >= 15 is 0 Å². The summed E-state index contributed by atoms with van der Waals surface area (Å²) < 4.78 is 0. The van der Waals surface area contributed by atoms with Gasteiger partial charge in [-0.05, 0) is 9.76 Å². The van der Waals surface area contributed by atoms with Gasteiger partial charge in [0.25, 0.3) is 0 Å². The molecule has 0 radical (unpaired) electrons. The Morgan fingerprint density at radius 1 is 0.692 bits per heavy atom. The van der Waals surface area contributed by atoms with Crippen LogP contribution >= 0.6 is 0 Å². The van der Waals surface area contributed by atoms with Crippen LogP contribution in [0.15, 0.2) is 0 Å². The molecule has 0 amide bonds. The van der Waals surface area contributed by atoms with Crippen LogP contribution in [0.2, 0.25) is 11.1 Å². The summed E-state index contributed by atoms with van der Waals surface area (Å²) >= 11 is 0. The molecule has 0 aromatic heterocycles. The quantitative estimate of drug-likeness (QED) is 0.487. The fourth-order valence-corrected chi connectivity index (χ4v) is 11.0. The zero-order valence-electron chi connectivity index (χ0n) is 9.10. The van der Waals surface area contributed by atoms with Crippen LogP contribution in [0, 0.1) is 0 Å². The van der Waals surface area contributed by atoms with Crippen molar-refractivity contribution in [3.8, 4) is 0 Å². The Labute approximate surface area is 87.3 Å². The first-order valence-corrected chi connectivity index (χ1v) is 12.3. The van der Waals surface area contributed by atoms with Gasteiger partial charge in [0.15, 0.2) is 0 Å². The molecule has 1 atom stereocenters. The van der Waals surface area contributed by atoms with Crippen molar-refractivity contribution in [2.45, 2.75) is 68.9 Å². The van der Waals surface area contributed by atoms with Crippen molar-refractivity contribution in [1.82, 2.24) is 0 Å². The molecule has 0 heterocycles. The summed E-state index contributed by atoms with van der Waals surface area (Å²) in [5, 5.41) is 0. The van der Waals surface area contributed by atoms with Gasteiger partial charge in [0, 0.05) is 8.31 Å². The zero-order valence-corrected chi connectivity index (χ0v) is 12.3. The van der Waals surface area contributed by atoms with Crippen molar-refractivity contribution in [3.63, 3.8) is 0 Å². The Morgan fingerprint density at radius 3 is 1.54 bits per heavy atom. The molecule has 1 unspecified atom stereocenters. The van der Waals surface area contributed by atoms with Crippen LogP contribution in [0.3, 0.4) is 0 Å². The van der Waals surface area contributed by atoms with Crippen LogP contribution in [-0.4, -0.2) is 18.1 Å². The van der Waals surface area contributed by atoms with E-state index in [4.69, 9.17) is 0 Å². The summed E-state index contributed by atoms with van der Waals surface area (Å²) in [4.78, 5) is 0. The van der Waals surface area contributed by atoms with Crippen LogP contribution in [-0.2, 0) is 0 Å². The highest BCUT2D eigenvalue weighted by Gasteiger charge is 2.30. The summed E-state index contributed by atoms with van der Waals surface area (Å²) in [6.45, 7) is 0. The van der Waals surface area contributed by atoms with Crippen LogP contribution in [0.25, 0.3) is 0 Å². The molecule has 13 heavy (non-hydrogen) atoms. The average molecular weight is 212 g/mol. The average Bonchev–Trinajstić information content (AvgIpc) is 2.27. The third kappa shape index (κ3) is 2.46. The monoisotopic (exact) mass is 212 g/mol. The van der Waals surface area contributed by atoms with E-state index < -0.39 is 0 Å². The highest BCUT2D eigenvalue weighted by atomic mass is 29.1. The first-order valence-electron chi connectivity index (χ1n) is 6.38. The smallest absolute Gasteiger partial charge is 0.0266 e. The lowest BCUT2D eigenvalue weighted by Gasteiger charge is -2.35. The summed E-state index contributed by atoms with van der Waals surface area (Å²) in [7, 11) is 1.43. The van der Waals surface area contributed by atoms with E-state index in [0.29, 0.717) is 0 Å². The lowest BCUT2D eigenvalue weighted by molar-refractivity contribution is 0.486. The Morgan fingerprint density at radius 2 is 1.15 bits per heavy atom. The van der Waals surface area contributed by atoms with E-state index in [1.165, 1.54) is 11.1 Å². The number of rotatable bonds is 2. The van der Waals surface area contributed by atoms with Gasteiger partial charge >= 0.3 is 0 Å². The fourth-order valence-electron chi connectivity index (χ4n) is 3.19. The molecule has 0 aliphatic heterocycles. The van der Waals surface area contributed by atoms with Crippen molar-refractivity contribution in [3.05, 3.63) is 0 Å². The number of hydrogen-bond donors (Lipinski definition) is 0. The van der Waals surface area contributed by atoms with E-state index in [9.17, 15) is 0 Å². The van der Waals surface area contributed by atoms with E-state index in [1.54, 1.807) is 67.5 Å². The van der Waals surface area contributed by atoms with Gasteiger partial charge in [-0.2, -0.15) is 0 Å². The summed E-state index contributed by atoms with van der Waals surface area (Å²) in [5.74, 6) is 0. The van der Waals surface area contributed by atoms with Crippen molar-refractivity contribution >= 4 is 18.1 Å². The normalized spacial score (nSPS) is 29.5. The summed E-state index contributed by atoms with van der Waals surface area (Å²) in [6.07, 6.45) is 14.4. The van der Waals surface area contributed by atoms with E-state index in [-0.39, 0.29) is 8.31 Å². The van der Waals surface area contributed by atoms with Gasteiger partial charge in [0.2, 0.25) is 0 Å². The lowest BCUT2D eigenvalue weighted by atomic mass is 10.00. The second kappa shape index (κ2) is 4.78. The molecule has 0 spiro atoms. The molecule has 0 aromatic rings. The topological polar surface area (TPSA) is 0 Å². The minimum atomic E-state index is -0.181. The summed E-state index contributed by atoms with van der Waals surface area (Å²) in [5.41, 5.74) is 2.61. The zero-order chi connectivity index (χ0) is 9.10. The highest BCUT2D eigenvalue weighted by Crippen LogP contribution is 2.41. The van der Waals surface area contributed by atoms with Crippen LogP contribution < -0.4 is 0 Å². The maximum Gasteiger partial charge on any atom is 0.0266 e. The predicted molar refractivity (Wildman–Crippen MR) is 66.1 cm³/mol. The maximum atomic E-state index is 1.64. The third-order valence-electron chi connectivity index (χ3n) is 4.54. The molecular formula is C11H24Si2. The van der Waals surface area contributed by atoms with Gasteiger partial charge in [-0.15, -0.1) is 0 Å². The van der Waals surface area contributed by atoms with Gasteiger partial charge in [-0.25, -0.2) is 0 Å². The van der Waals surface area contributed by atoms with Gasteiger partial charge in [-0.3, -0.25) is 0 Å². The van der Waals surface area contributed by atoms with Crippen molar-refractivity contribution in [2.75, 3.05) is 0 Å². The molecular weight excluding hydrogens is 188 g/mol. The van der Waals surface area contributed by atoms with Crippen LogP contribution in [0.5, 0.6) is 0 Å². The SMILES string of the molecule is [SiH3][SiH](C1CCCCCC1)C1CCC1. The second-order valence-electron chi connectivity index (χ2n) is 5.30. The van der Waals surface area contributed by atoms with Gasteiger partial charge in [-0.1, -0.05) is 68.9 Å². The molecule has 76 valence electrons. The third-order valence-corrected chi connectivity index (χ3v) is 14.5. The molecule has 0 nitrogen and oxygen atoms in total. The van der Waals surface area contributed by atoms with E-state index in [2.05, 4.69) is 0 Å². The Kier molecular flexibility index (Phi) is 3.67. The predicted octanol–water partition coefficient (Wildman–Crippen LogP) is 2.35.